The van der Waals surface area contributed by atoms with Crippen LogP contribution < -0.4 is 10.6 Å². The molecular formula is C14H19N3O4S. The second-order valence-electron chi connectivity index (χ2n) is 5.65. The van der Waals surface area contributed by atoms with Gasteiger partial charge in [0, 0.05) is 29.6 Å². The number of nitrogens with zero attached hydrogens (tertiary/aromatic N) is 1. The number of carbonyl (C=O) groups excluding carboxylic acids is 2. The third-order valence-electron chi connectivity index (χ3n) is 4.16. The van der Waals surface area contributed by atoms with Gasteiger partial charge < -0.3 is 20.8 Å². The largest absolute Gasteiger partial charge is 0.494 e. The van der Waals surface area contributed by atoms with E-state index in [4.69, 9.17) is 0 Å². The van der Waals surface area contributed by atoms with Crippen molar-refractivity contribution in [3.05, 3.63) is 12.1 Å². The number of aromatic nitrogens is 1. The molecule has 22 heavy (non-hydrogen) atoms. The molecule has 3 heterocycles. The van der Waals surface area contributed by atoms with Crippen molar-refractivity contribution in [1.29, 1.82) is 0 Å². The van der Waals surface area contributed by atoms with Crippen LogP contribution in [0.4, 0.5) is 4.79 Å². The van der Waals surface area contributed by atoms with E-state index < -0.39 is 0 Å². The van der Waals surface area contributed by atoms with Crippen molar-refractivity contribution in [2.45, 2.75) is 43.0 Å². The van der Waals surface area contributed by atoms with Crippen molar-refractivity contribution >= 4 is 23.7 Å². The normalized spacial score (nSPS) is 26.5. The van der Waals surface area contributed by atoms with Gasteiger partial charge in [0.05, 0.1) is 12.1 Å². The molecule has 2 amide bonds. The number of carbonyl (C=O) groups is 2. The summed E-state index contributed by atoms with van der Waals surface area (Å²) < 4.78 is 0.918. The van der Waals surface area contributed by atoms with Gasteiger partial charge in [-0.1, -0.05) is 6.42 Å². The number of rotatable bonds is 5. The highest BCUT2D eigenvalue weighted by Gasteiger charge is 2.42. The summed E-state index contributed by atoms with van der Waals surface area (Å²) in [6.45, 7) is 0. The number of amides is 2. The molecule has 2 fully saturated rings. The molecule has 0 aliphatic carbocycles. The molecule has 7 nitrogen and oxygen atoms in total. The lowest BCUT2D eigenvalue weighted by molar-refractivity contribution is 0.0880. The van der Waals surface area contributed by atoms with Crippen molar-refractivity contribution in [2.24, 2.45) is 0 Å². The van der Waals surface area contributed by atoms with Crippen molar-refractivity contribution < 1.29 is 19.8 Å². The highest BCUT2D eigenvalue weighted by atomic mass is 32.2. The number of nitrogens with one attached hydrogen (secondary N) is 2. The van der Waals surface area contributed by atoms with E-state index in [0.717, 1.165) is 23.2 Å². The Balaban J connectivity index is 1.43. The summed E-state index contributed by atoms with van der Waals surface area (Å²) in [7, 11) is 0. The van der Waals surface area contributed by atoms with Crippen LogP contribution in [0.2, 0.25) is 0 Å². The Labute approximate surface area is 132 Å². The van der Waals surface area contributed by atoms with E-state index in [2.05, 4.69) is 10.6 Å². The van der Waals surface area contributed by atoms with Gasteiger partial charge in [0.2, 0.25) is 17.7 Å². The number of hydrogen-bond donors (Lipinski definition) is 4. The molecule has 120 valence electrons. The fraction of sp³-hybridized carbons (Fsp3) is 0.571. The van der Waals surface area contributed by atoms with E-state index in [9.17, 15) is 19.8 Å². The van der Waals surface area contributed by atoms with Crippen LogP contribution in [0.1, 0.15) is 30.5 Å². The summed E-state index contributed by atoms with van der Waals surface area (Å²) in [5.74, 6) is 0.138. The van der Waals surface area contributed by atoms with Gasteiger partial charge in [0.1, 0.15) is 0 Å². The van der Waals surface area contributed by atoms with Crippen LogP contribution in [-0.4, -0.2) is 49.8 Å². The summed E-state index contributed by atoms with van der Waals surface area (Å²) in [6, 6.07) is 2.90. The van der Waals surface area contributed by atoms with Gasteiger partial charge in [-0.2, -0.15) is 11.8 Å². The molecule has 0 bridgehead atoms. The topological polar surface area (TPSA) is 104 Å². The molecule has 0 spiro atoms. The Hall–Kier alpha value is -1.83. The van der Waals surface area contributed by atoms with Crippen LogP contribution >= 0.6 is 11.8 Å². The first-order valence-corrected chi connectivity index (χ1v) is 8.42. The van der Waals surface area contributed by atoms with Gasteiger partial charge in [0.25, 0.3) is 0 Å². The van der Waals surface area contributed by atoms with E-state index >= 15 is 0 Å². The minimum Gasteiger partial charge on any atom is -0.494 e. The standard InChI is InChI=1S/C14H19N3O4S/c18-10(17-11(19)5-6-12(17)20)4-2-1-3-9-13-8(7-22-9)15-14(21)16-13/h5-6,8-9,13,19-20H,1-4,7H2,(H2,15,16,21). The molecule has 8 heteroatoms. The predicted octanol–water partition coefficient (Wildman–Crippen LogP) is 1.27. The van der Waals surface area contributed by atoms with Crippen LogP contribution in [0, 0.1) is 0 Å². The maximum atomic E-state index is 11.9. The lowest BCUT2D eigenvalue weighted by Crippen LogP contribution is -2.36. The SMILES string of the molecule is O=C1NC2CSC(CCCCC(=O)n3c(O)ccc3O)C2N1. The summed E-state index contributed by atoms with van der Waals surface area (Å²) in [6.07, 6.45) is 2.76. The Bertz CT molecular complexity index is 569. The number of urea groups is 1. The fourth-order valence-electron chi connectivity index (χ4n) is 3.05. The first-order valence-electron chi connectivity index (χ1n) is 7.38. The number of fused-ring (bicyclic) bond motifs is 1. The van der Waals surface area contributed by atoms with Crippen molar-refractivity contribution in [1.82, 2.24) is 15.2 Å². The smallest absolute Gasteiger partial charge is 0.315 e. The summed E-state index contributed by atoms with van der Waals surface area (Å²) >= 11 is 1.85. The van der Waals surface area contributed by atoms with Crippen LogP contribution in [-0.2, 0) is 0 Å². The molecule has 0 radical (unpaired) electrons. The van der Waals surface area contributed by atoms with Crippen LogP contribution in [0.15, 0.2) is 12.1 Å². The molecule has 4 N–H and O–H groups in total. The Morgan fingerprint density at radius 1 is 1.27 bits per heavy atom. The van der Waals surface area contributed by atoms with Crippen LogP contribution in [0.3, 0.4) is 0 Å². The van der Waals surface area contributed by atoms with Gasteiger partial charge >= 0.3 is 6.03 Å². The average molecular weight is 325 g/mol. The molecule has 0 saturated carbocycles. The highest BCUT2D eigenvalue weighted by Crippen LogP contribution is 2.33. The minimum absolute atomic E-state index is 0.0889. The van der Waals surface area contributed by atoms with Gasteiger partial charge in [-0.15, -0.1) is 0 Å². The summed E-state index contributed by atoms with van der Waals surface area (Å²) in [4.78, 5) is 23.2. The van der Waals surface area contributed by atoms with Crippen molar-refractivity contribution in [3.8, 4) is 11.8 Å². The zero-order chi connectivity index (χ0) is 15.7. The molecule has 1 aromatic rings. The monoisotopic (exact) mass is 325 g/mol. The third kappa shape index (κ3) is 2.87. The number of hydrogen-bond acceptors (Lipinski definition) is 5. The van der Waals surface area contributed by atoms with E-state index in [1.807, 2.05) is 11.8 Å². The lowest BCUT2D eigenvalue weighted by atomic mass is 10.0. The second kappa shape index (κ2) is 6.12. The molecule has 2 aliphatic rings. The minimum atomic E-state index is -0.312. The molecule has 3 rings (SSSR count). The summed E-state index contributed by atoms with van der Waals surface area (Å²) in [5.41, 5.74) is 0. The molecule has 0 aromatic carbocycles. The predicted molar refractivity (Wildman–Crippen MR) is 82.3 cm³/mol. The zero-order valence-electron chi connectivity index (χ0n) is 12.0. The van der Waals surface area contributed by atoms with Crippen LogP contribution in [0.25, 0.3) is 0 Å². The molecule has 2 aliphatic heterocycles. The van der Waals surface area contributed by atoms with E-state index in [-0.39, 0.29) is 42.2 Å². The summed E-state index contributed by atoms with van der Waals surface area (Å²) in [5, 5.41) is 25.2. The molecule has 1 aromatic heterocycles. The van der Waals surface area contributed by atoms with Gasteiger partial charge in [-0.05, 0) is 12.8 Å². The van der Waals surface area contributed by atoms with Gasteiger partial charge in [-0.3, -0.25) is 4.79 Å². The second-order valence-corrected chi connectivity index (χ2v) is 6.92. The van der Waals surface area contributed by atoms with Gasteiger partial charge in [0.15, 0.2) is 0 Å². The quantitative estimate of drug-likeness (QED) is 0.482. The lowest BCUT2D eigenvalue weighted by Gasteiger charge is -2.16. The first kappa shape index (κ1) is 15.1. The third-order valence-corrected chi connectivity index (χ3v) is 5.67. The fourth-order valence-corrected chi connectivity index (χ4v) is 4.59. The van der Waals surface area contributed by atoms with E-state index in [1.165, 1.54) is 12.1 Å². The molecule has 2 saturated heterocycles. The maximum Gasteiger partial charge on any atom is 0.315 e. The highest BCUT2D eigenvalue weighted by molar-refractivity contribution is 8.00. The zero-order valence-corrected chi connectivity index (χ0v) is 12.8. The maximum absolute atomic E-state index is 11.9. The Morgan fingerprint density at radius 3 is 2.73 bits per heavy atom. The number of thioether (sulfide) groups is 1. The molecule has 3 unspecified atom stereocenters. The van der Waals surface area contributed by atoms with E-state index in [0.29, 0.717) is 11.7 Å². The molecular weight excluding hydrogens is 306 g/mol. The van der Waals surface area contributed by atoms with Gasteiger partial charge in [-0.25, -0.2) is 9.36 Å². The van der Waals surface area contributed by atoms with Crippen LogP contribution in [0.5, 0.6) is 11.8 Å². The van der Waals surface area contributed by atoms with Crippen molar-refractivity contribution in [2.75, 3.05) is 5.75 Å². The number of unbranched alkanes of at least 4 members (excludes halogenated alkanes) is 1. The average Bonchev–Trinajstić information content (AvgIpc) is 3.10. The number of aromatic hydroxyl groups is 2. The van der Waals surface area contributed by atoms with Crippen molar-refractivity contribution in [3.63, 3.8) is 0 Å². The Morgan fingerprint density at radius 2 is 2.00 bits per heavy atom. The van der Waals surface area contributed by atoms with E-state index in [1.54, 1.807) is 0 Å². The molecule has 3 atom stereocenters. The first-order chi connectivity index (χ1) is 10.6. The Kier molecular flexibility index (Phi) is 4.19.